The first-order chi connectivity index (χ1) is 64.6. The van der Waals surface area contributed by atoms with Crippen LogP contribution in [0.3, 0.4) is 0 Å². The number of rotatable bonds is 0. The highest BCUT2D eigenvalue weighted by Crippen LogP contribution is 2.56. The van der Waals surface area contributed by atoms with Gasteiger partial charge in [0.25, 0.3) is 0 Å². The number of aliphatic imine (C=N–C) groups is 1. The fourth-order valence-electron chi connectivity index (χ4n) is 23.0. The van der Waals surface area contributed by atoms with Gasteiger partial charge in [-0.3, -0.25) is 4.99 Å². The molecule has 2 aliphatic heterocycles. The number of thiophene rings is 2. The number of hydrogen-bond donors (Lipinski definition) is 2. The van der Waals surface area contributed by atoms with Gasteiger partial charge in [-0.15, -0.1) is 45.3 Å². The van der Waals surface area contributed by atoms with Gasteiger partial charge in [-0.25, -0.2) is 24.9 Å². The highest BCUT2D eigenvalue weighted by atomic mass is 32.1. The lowest BCUT2D eigenvalue weighted by Crippen LogP contribution is -2.24. The first kappa shape index (κ1) is 99.3. The number of hydrogen-bond acceptors (Lipinski definition) is 16. The van der Waals surface area contributed by atoms with Gasteiger partial charge in [0.1, 0.15) is 34.6 Å². The summed E-state index contributed by atoms with van der Waals surface area (Å²) in [5.41, 5.74) is 33.4. The summed E-state index contributed by atoms with van der Waals surface area (Å²) in [6.45, 7) is 68.1. The summed E-state index contributed by atoms with van der Waals surface area (Å²) in [5.74, 6) is 28.9. The molecule has 10 aromatic rings. The minimum Gasteiger partial charge on any atom is -0.469 e. The first-order valence-electron chi connectivity index (χ1n) is 51.2. The number of imidazole rings is 1. The number of furan rings is 2. The summed E-state index contributed by atoms with van der Waals surface area (Å²) >= 11 is 7.39. The maximum atomic E-state index is 5.23. The van der Waals surface area contributed by atoms with Crippen LogP contribution in [0.5, 0.6) is 0 Å². The molecule has 0 saturated carbocycles. The maximum Gasteiger partial charge on any atom is 0.230 e. The molecule has 20 aliphatic rings. The van der Waals surface area contributed by atoms with Crippen LogP contribution in [0.4, 0.5) is 0 Å². The lowest BCUT2D eigenvalue weighted by molar-refractivity contribution is 0.0760. The fourth-order valence-corrected chi connectivity index (χ4v) is 27.5. The van der Waals surface area contributed by atoms with Crippen molar-refractivity contribution in [2.24, 2.45) is 64.2 Å². The van der Waals surface area contributed by atoms with Gasteiger partial charge in [0.2, 0.25) is 6.79 Å². The van der Waals surface area contributed by atoms with Gasteiger partial charge >= 0.3 is 0 Å². The summed E-state index contributed by atoms with van der Waals surface area (Å²) in [7, 11) is 0. The third-order valence-electron chi connectivity index (χ3n) is 36.5. The zero-order valence-electron chi connectivity index (χ0n) is 86.3. The quantitative estimate of drug-likeness (QED) is 0.148. The van der Waals surface area contributed by atoms with Crippen molar-refractivity contribution in [3.05, 3.63) is 293 Å². The van der Waals surface area contributed by atoms with Gasteiger partial charge in [0.15, 0.2) is 12.8 Å². The van der Waals surface area contributed by atoms with E-state index >= 15 is 0 Å². The standard InChI is InChI=1S/3C9H12.2C8H11N.2C8H10O.2C8H10S.C7H10N2.2C7H9NO.2C7H9NS.C7H10O2/c3*1-6-7(2)9-5-3-4-8(6)9;6*1-5-6(2)8-7(5)3-4-9-8;6*1-4-5(2)7-6(4)8-3-9-7/h3*3-4,6-7H,5H2,1-2H3;4-6H,3H2,1-2H3;3-6,9H,1-2H3;4*3-6H,1-2H3;3-5H,1-2H3,(H,8,9);4*3-5H,1-2H3;4-5H,3H2,1-2H3. The van der Waals surface area contributed by atoms with Crippen molar-refractivity contribution in [3.63, 3.8) is 0 Å². The summed E-state index contributed by atoms with van der Waals surface area (Å²) in [5, 5.41) is 4.40. The number of oxazole rings is 2. The van der Waals surface area contributed by atoms with Gasteiger partial charge in [0, 0.05) is 150 Å². The molecule has 0 saturated heterocycles. The highest BCUT2D eigenvalue weighted by molar-refractivity contribution is 7.11. The van der Waals surface area contributed by atoms with E-state index in [0.717, 1.165) is 147 Å². The Hall–Kier alpha value is -8.68. The van der Waals surface area contributed by atoms with E-state index in [-0.39, 0.29) is 0 Å². The second kappa shape index (κ2) is 41.4. The van der Waals surface area contributed by atoms with E-state index in [9.17, 15) is 0 Å². The molecule has 30 unspecified atom stereocenters. The normalized spacial score (nSPS) is 33.9. The smallest absolute Gasteiger partial charge is 0.230 e. The Morgan fingerprint density at radius 3 is 1.05 bits per heavy atom. The van der Waals surface area contributed by atoms with E-state index in [1.807, 2.05) is 46.1 Å². The van der Waals surface area contributed by atoms with Crippen LogP contribution >= 0.6 is 45.3 Å². The molecule has 0 aromatic carbocycles. The number of ether oxygens (including phenoxy) is 2. The molecule has 0 amide bonds. The van der Waals surface area contributed by atoms with Crippen LogP contribution in [0.25, 0.3) is 0 Å². The van der Waals surface area contributed by atoms with Crippen molar-refractivity contribution in [1.82, 2.24) is 34.9 Å². The number of H-pyrrole nitrogens is 2. The molecule has 2 N–H and O–H groups in total. The average molecular weight is 1900 g/mol. The summed E-state index contributed by atoms with van der Waals surface area (Å²) in [6, 6.07) is 10.8. The monoisotopic (exact) mass is 1900 g/mol. The van der Waals surface area contributed by atoms with Crippen molar-refractivity contribution >= 4 is 51.6 Å². The average Bonchev–Trinajstić information content (AvgIpc) is 1.87. The van der Waals surface area contributed by atoms with Crippen LogP contribution in [0.15, 0.2) is 205 Å². The Labute approximate surface area is 823 Å². The lowest BCUT2D eigenvalue weighted by Gasteiger charge is -2.33. The third-order valence-corrected chi connectivity index (χ3v) is 40.8. The van der Waals surface area contributed by atoms with Crippen LogP contribution in [0.2, 0.25) is 0 Å². The number of aromatic nitrogens is 7. The predicted molar refractivity (Wildman–Crippen MR) is 559 cm³/mol. The van der Waals surface area contributed by atoms with Crippen LogP contribution in [-0.2, 0) is 9.47 Å². The van der Waals surface area contributed by atoms with Gasteiger partial charge < -0.3 is 37.1 Å². The summed E-state index contributed by atoms with van der Waals surface area (Å²) in [6.07, 6.45) is 31.0. The number of allylic oxidation sites excluding steroid dienone is 16. The first-order valence-corrected chi connectivity index (χ1v) is 54.7. The highest BCUT2D eigenvalue weighted by Gasteiger charge is 2.45. The van der Waals surface area contributed by atoms with Crippen LogP contribution in [0.1, 0.15) is 462 Å². The summed E-state index contributed by atoms with van der Waals surface area (Å²) < 4.78 is 31.1. The molecule has 135 heavy (non-hydrogen) atoms. The Balaban J connectivity index is 0.000000105. The Morgan fingerprint density at radius 2 is 0.667 bits per heavy atom. The minimum atomic E-state index is 0.444. The molecule has 14 nitrogen and oxygen atoms in total. The van der Waals surface area contributed by atoms with Crippen molar-refractivity contribution in [2.45, 2.75) is 352 Å². The van der Waals surface area contributed by atoms with Gasteiger partial charge in [-0.1, -0.05) is 261 Å². The molecule has 12 heterocycles. The van der Waals surface area contributed by atoms with E-state index in [4.69, 9.17) is 27.1 Å². The van der Waals surface area contributed by atoms with Gasteiger partial charge in [-0.05, 0) is 193 Å². The van der Waals surface area contributed by atoms with E-state index in [1.54, 1.807) is 101 Å². The second-order valence-corrected chi connectivity index (χ2v) is 46.6. The maximum absolute atomic E-state index is 5.23. The number of fused-ring (bicyclic) bond motifs is 10. The minimum absolute atomic E-state index is 0.444. The fraction of sp³-hybridized carbons (Fsp3) is 0.556. The van der Waals surface area contributed by atoms with Crippen molar-refractivity contribution in [2.75, 3.05) is 6.79 Å². The number of nitrogens with one attached hydrogen (secondary N) is 2. The molecule has 0 fully saturated rings. The van der Waals surface area contributed by atoms with Gasteiger partial charge in [0.05, 0.1) is 58.3 Å². The molecular formula is C117H154N8O6S4. The number of thiazole rings is 2. The molecule has 0 radical (unpaired) electrons. The van der Waals surface area contributed by atoms with Crippen molar-refractivity contribution in [3.8, 4) is 0 Å². The summed E-state index contributed by atoms with van der Waals surface area (Å²) in [4.78, 5) is 37.7. The van der Waals surface area contributed by atoms with Crippen LogP contribution in [0, 0.1) is 59.2 Å². The van der Waals surface area contributed by atoms with E-state index in [0.29, 0.717) is 77.8 Å². The SMILES string of the molecule is CC1C2=C(CC=C2)C1C.CC1C2=C(CC=C2)C1C.CC1C2=C(CC=C2)C1C.CC1C2=C(N=CC2)C1C.CC1C2=C(OCO2)C1C.CC1c2cc[nH]c2C1C.CC1c2ccoc2C1C.CC1c2ccoc2C1C.CC1c2ccsc2C1C.CC1c2ccsc2C1C.CC1c2nc[nH]c2C1C.CC1c2ncoc2C1C.CC1c2ncoc2C1C.CC1c2ncsc2C1C.CC1c2ncsc2C1C. The largest absolute Gasteiger partial charge is 0.469 e. The topological polar surface area (TPSA) is 179 Å². The zero-order valence-corrected chi connectivity index (χ0v) is 89.6. The molecule has 30 rings (SSSR count). The Bertz CT molecular complexity index is 4820. The van der Waals surface area contributed by atoms with Crippen LogP contribution in [-0.4, -0.2) is 47.9 Å². The van der Waals surface area contributed by atoms with E-state index < -0.39 is 0 Å². The van der Waals surface area contributed by atoms with Gasteiger partial charge in [-0.2, -0.15) is 0 Å². The Kier molecular flexibility index (Phi) is 30.5. The van der Waals surface area contributed by atoms with E-state index in [1.165, 1.54) is 104 Å². The Morgan fingerprint density at radius 1 is 0.281 bits per heavy atom. The number of nitrogens with zero attached hydrogens (tertiary/aromatic N) is 6. The molecule has 18 heteroatoms. The molecule has 722 valence electrons. The van der Waals surface area contributed by atoms with E-state index in [2.05, 4.69) is 325 Å². The number of aromatic amines is 2. The van der Waals surface area contributed by atoms with Crippen LogP contribution < -0.4 is 0 Å². The zero-order chi connectivity index (χ0) is 96.5. The molecule has 0 bridgehead atoms. The molecule has 18 aliphatic carbocycles. The second-order valence-electron chi connectivity index (χ2n) is 42.9. The van der Waals surface area contributed by atoms with Crippen molar-refractivity contribution < 1.29 is 27.1 Å². The molecule has 30 atom stereocenters. The van der Waals surface area contributed by atoms with Crippen molar-refractivity contribution in [1.29, 1.82) is 0 Å². The lowest BCUT2D eigenvalue weighted by atomic mass is 9.71. The molecule has 0 spiro atoms. The predicted octanol–water partition coefficient (Wildman–Crippen LogP) is 34.4. The molecule has 10 aromatic heterocycles. The molecular weight excluding hydrogens is 1740 g/mol. The third kappa shape index (κ3) is 18.5.